The summed E-state index contributed by atoms with van der Waals surface area (Å²) in [4.78, 5) is 37.5. The number of thiophene rings is 1. The smallest absolute Gasteiger partial charge is 0.264 e. The minimum Gasteiger partial charge on any atom is -0.508 e. The van der Waals surface area contributed by atoms with E-state index in [4.69, 9.17) is 0 Å². The van der Waals surface area contributed by atoms with E-state index in [1.54, 1.807) is 40.5 Å². The number of benzene rings is 1. The summed E-state index contributed by atoms with van der Waals surface area (Å²) in [5.74, 6) is 0.159. The van der Waals surface area contributed by atoms with Gasteiger partial charge in [0.1, 0.15) is 5.75 Å². The molecule has 1 saturated heterocycles. The topological polar surface area (TPSA) is 86.6 Å². The van der Waals surface area contributed by atoms with E-state index in [2.05, 4.69) is 9.97 Å². The summed E-state index contributed by atoms with van der Waals surface area (Å²) >= 11 is 1.42. The third kappa shape index (κ3) is 3.75. The molecule has 1 aliphatic heterocycles. The molecule has 0 atom stereocenters. The fourth-order valence-corrected chi connectivity index (χ4v) is 4.15. The molecular formula is C19H18N4O3S. The fraction of sp³-hybridized carbons (Fsp3) is 0.263. The van der Waals surface area contributed by atoms with Crippen molar-refractivity contribution in [1.82, 2.24) is 19.8 Å². The van der Waals surface area contributed by atoms with Crippen LogP contribution in [0.2, 0.25) is 0 Å². The predicted octanol–water partition coefficient (Wildman–Crippen LogP) is 1.92. The number of amides is 2. The van der Waals surface area contributed by atoms with Crippen LogP contribution in [0.25, 0.3) is 10.1 Å². The van der Waals surface area contributed by atoms with Gasteiger partial charge in [-0.15, -0.1) is 11.3 Å². The monoisotopic (exact) mass is 382 g/mol. The summed E-state index contributed by atoms with van der Waals surface area (Å²) in [5, 5.41) is 10.4. The van der Waals surface area contributed by atoms with Crippen LogP contribution in [0.1, 0.15) is 15.4 Å². The van der Waals surface area contributed by atoms with Gasteiger partial charge in [-0.2, -0.15) is 0 Å². The Labute approximate surface area is 159 Å². The van der Waals surface area contributed by atoms with Gasteiger partial charge in [-0.3, -0.25) is 19.6 Å². The highest BCUT2D eigenvalue weighted by Crippen LogP contribution is 2.29. The highest BCUT2D eigenvalue weighted by molar-refractivity contribution is 7.20. The number of fused-ring (bicyclic) bond motifs is 1. The standard InChI is InChI=1S/C19H18N4O3S/c24-15-1-2-16-13(9-15)10-17(27-16)19(26)23-7-5-22(6-8-23)18(25)11-14-12-20-3-4-21-14/h1-4,9-10,12,24H,5-8,11H2. The zero-order valence-electron chi connectivity index (χ0n) is 14.5. The van der Waals surface area contributed by atoms with Gasteiger partial charge in [0.15, 0.2) is 0 Å². The van der Waals surface area contributed by atoms with Crippen molar-refractivity contribution in [2.45, 2.75) is 6.42 Å². The number of hydrogen-bond acceptors (Lipinski definition) is 6. The van der Waals surface area contributed by atoms with Gasteiger partial charge in [-0.1, -0.05) is 0 Å². The van der Waals surface area contributed by atoms with Crippen LogP contribution in [-0.2, 0) is 11.2 Å². The minimum atomic E-state index is -0.0308. The summed E-state index contributed by atoms with van der Waals surface area (Å²) in [6, 6.07) is 6.91. The molecule has 0 aliphatic carbocycles. The molecule has 2 aromatic heterocycles. The van der Waals surface area contributed by atoms with E-state index >= 15 is 0 Å². The van der Waals surface area contributed by atoms with Crippen molar-refractivity contribution in [3.8, 4) is 5.75 Å². The van der Waals surface area contributed by atoms with Gasteiger partial charge in [0.05, 0.1) is 17.0 Å². The van der Waals surface area contributed by atoms with E-state index in [1.165, 1.54) is 11.3 Å². The molecule has 1 fully saturated rings. The minimum absolute atomic E-state index is 0.0000590. The highest BCUT2D eigenvalue weighted by Gasteiger charge is 2.26. The number of aromatic hydroxyl groups is 1. The van der Waals surface area contributed by atoms with Gasteiger partial charge in [-0.25, -0.2) is 0 Å². The number of nitrogens with zero attached hydrogens (tertiary/aromatic N) is 4. The number of carbonyl (C=O) groups excluding carboxylic acids is 2. The van der Waals surface area contributed by atoms with Gasteiger partial charge >= 0.3 is 0 Å². The maximum atomic E-state index is 12.8. The number of aromatic nitrogens is 2. The van der Waals surface area contributed by atoms with Gasteiger partial charge in [0.2, 0.25) is 5.91 Å². The van der Waals surface area contributed by atoms with E-state index < -0.39 is 0 Å². The molecule has 2 amide bonds. The molecule has 0 bridgehead atoms. The van der Waals surface area contributed by atoms with Crippen molar-refractivity contribution in [2.24, 2.45) is 0 Å². The SMILES string of the molecule is O=C(Cc1cnccn1)N1CCN(C(=O)c2cc3cc(O)ccc3s2)CC1. The summed E-state index contributed by atoms with van der Waals surface area (Å²) in [5.41, 5.74) is 0.648. The van der Waals surface area contributed by atoms with Crippen LogP contribution in [0, 0.1) is 0 Å². The molecule has 1 aliphatic rings. The maximum absolute atomic E-state index is 12.8. The predicted molar refractivity (Wildman–Crippen MR) is 102 cm³/mol. The molecule has 1 N–H and O–H groups in total. The first-order valence-corrected chi connectivity index (χ1v) is 9.46. The number of piperazine rings is 1. The Balaban J connectivity index is 1.38. The molecule has 8 heteroatoms. The van der Waals surface area contributed by atoms with Crippen molar-refractivity contribution in [1.29, 1.82) is 0 Å². The molecule has 4 rings (SSSR count). The lowest BCUT2D eigenvalue weighted by molar-refractivity contribution is -0.132. The Morgan fingerprint density at radius 3 is 2.59 bits per heavy atom. The first-order valence-electron chi connectivity index (χ1n) is 8.64. The van der Waals surface area contributed by atoms with Crippen molar-refractivity contribution in [3.63, 3.8) is 0 Å². The zero-order valence-corrected chi connectivity index (χ0v) is 15.4. The molecule has 3 aromatic rings. The van der Waals surface area contributed by atoms with E-state index in [0.29, 0.717) is 36.8 Å². The Hall–Kier alpha value is -3.00. The van der Waals surface area contributed by atoms with E-state index in [1.807, 2.05) is 12.1 Å². The van der Waals surface area contributed by atoms with Crippen LogP contribution in [0.5, 0.6) is 5.75 Å². The van der Waals surface area contributed by atoms with E-state index in [9.17, 15) is 14.7 Å². The van der Waals surface area contributed by atoms with Crippen molar-refractivity contribution < 1.29 is 14.7 Å². The van der Waals surface area contributed by atoms with Crippen LogP contribution in [0.4, 0.5) is 0 Å². The molecule has 138 valence electrons. The average Bonchev–Trinajstić information content (AvgIpc) is 3.11. The molecule has 3 heterocycles. The van der Waals surface area contributed by atoms with E-state index in [0.717, 1.165) is 10.1 Å². The molecule has 0 saturated carbocycles. The summed E-state index contributed by atoms with van der Waals surface area (Å²) < 4.78 is 0.967. The lowest BCUT2D eigenvalue weighted by atomic mass is 10.2. The van der Waals surface area contributed by atoms with Crippen LogP contribution in [0.3, 0.4) is 0 Å². The molecule has 0 radical (unpaired) electrons. The van der Waals surface area contributed by atoms with Crippen molar-refractivity contribution >= 4 is 33.2 Å². The number of rotatable bonds is 3. The number of phenolic OH excluding ortho intramolecular Hbond substituents is 1. The first-order chi connectivity index (χ1) is 13.1. The Morgan fingerprint density at radius 1 is 1.07 bits per heavy atom. The van der Waals surface area contributed by atoms with Gasteiger partial charge < -0.3 is 14.9 Å². The van der Waals surface area contributed by atoms with Crippen LogP contribution >= 0.6 is 11.3 Å². The quantitative estimate of drug-likeness (QED) is 0.748. The average molecular weight is 382 g/mol. The maximum Gasteiger partial charge on any atom is 0.264 e. The fourth-order valence-electron chi connectivity index (χ4n) is 3.14. The number of hydrogen-bond donors (Lipinski definition) is 1. The second-order valence-corrected chi connectivity index (χ2v) is 7.46. The number of carbonyl (C=O) groups is 2. The molecular weight excluding hydrogens is 364 g/mol. The van der Waals surface area contributed by atoms with Crippen molar-refractivity contribution in [2.75, 3.05) is 26.2 Å². The Morgan fingerprint density at radius 2 is 1.85 bits per heavy atom. The van der Waals surface area contributed by atoms with Gasteiger partial charge in [-0.05, 0) is 29.7 Å². The van der Waals surface area contributed by atoms with Crippen molar-refractivity contribution in [3.05, 3.63) is 53.4 Å². The summed E-state index contributed by atoms with van der Waals surface area (Å²) in [7, 11) is 0. The lowest BCUT2D eigenvalue weighted by Crippen LogP contribution is -2.50. The first kappa shape index (κ1) is 17.4. The third-order valence-corrected chi connectivity index (χ3v) is 5.68. The normalized spacial score (nSPS) is 14.5. The molecule has 0 spiro atoms. The third-order valence-electron chi connectivity index (χ3n) is 4.58. The highest BCUT2D eigenvalue weighted by atomic mass is 32.1. The largest absolute Gasteiger partial charge is 0.508 e. The Kier molecular flexibility index (Phi) is 4.72. The van der Waals surface area contributed by atoms with Gasteiger partial charge in [0.25, 0.3) is 5.91 Å². The molecule has 0 unspecified atom stereocenters. The molecule has 1 aromatic carbocycles. The van der Waals surface area contributed by atoms with E-state index in [-0.39, 0.29) is 24.0 Å². The second kappa shape index (κ2) is 7.32. The zero-order chi connectivity index (χ0) is 18.8. The summed E-state index contributed by atoms with van der Waals surface area (Å²) in [6.45, 7) is 2.03. The van der Waals surface area contributed by atoms with Gasteiger partial charge in [0, 0.05) is 49.5 Å². The number of phenols is 1. The Bertz CT molecular complexity index is 981. The van der Waals surface area contributed by atoms with Crippen LogP contribution < -0.4 is 0 Å². The lowest BCUT2D eigenvalue weighted by Gasteiger charge is -2.34. The molecule has 7 nitrogen and oxygen atoms in total. The molecule has 27 heavy (non-hydrogen) atoms. The summed E-state index contributed by atoms with van der Waals surface area (Å²) in [6.07, 6.45) is 4.97. The van der Waals surface area contributed by atoms with Crippen LogP contribution in [0.15, 0.2) is 42.9 Å². The second-order valence-electron chi connectivity index (χ2n) is 6.38. The van der Waals surface area contributed by atoms with Crippen LogP contribution in [-0.4, -0.2) is 62.9 Å².